The van der Waals surface area contributed by atoms with E-state index in [4.69, 9.17) is 5.10 Å². The van der Waals surface area contributed by atoms with E-state index < -0.39 is 0 Å². The number of carbonyl (C=O) groups excluding carboxylic acids is 1. The van der Waals surface area contributed by atoms with E-state index in [0.29, 0.717) is 31.2 Å². The van der Waals surface area contributed by atoms with Crippen molar-refractivity contribution in [3.05, 3.63) is 70.9 Å². The smallest absolute Gasteiger partial charge is 0.274 e. The lowest BCUT2D eigenvalue weighted by atomic mass is 10.0. The molecule has 5 rings (SSSR count). The molecule has 0 saturated carbocycles. The second-order valence-electron chi connectivity index (χ2n) is 7.94. The molecule has 31 heavy (non-hydrogen) atoms. The van der Waals surface area contributed by atoms with Crippen molar-refractivity contribution in [1.29, 1.82) is 0 Å². The minimum Gasteiger partial charge on any atom is -0.332 e. The van der Waals surface area contributed by atoms with Gasteiger partial charge in [-0.15, -0.1) is 10.2 Å². The third-order valence-corrected chi connectivity index (χ3v) is 5.89. The summed E-state index contributed by atoms with van der Waals surface area (Å²) in [6, 6.07) is 12.0. The number of aromatic nitrogens is 7. The van der Waals surface area contributed by atoms with E-state index >= 15 is 0 Å². The van der Waals surface area contributed by atoms with Crippen LogP contribution >= 0.6 is 0 Å². The van der Waals surface area contributed by atoms with Crippen LogP contribution in [0.25, 0.3) is 11.5 Å². The number of hydrogen-bond acceptors (Lipinski definition) is 5. The van der Waals surface area contributed by atoms with Gasteiger partial charge in [-0.3, -0.25) is 14.2 Å². The first kappa shape index (κ1) is 19.2. The molecule has 4 aromatic rings. The van der Waals surface area contributed by atoms with Gasteiger partial charge in [-0.25, -0.2) is 0 Å². The highest BCUT2D eigenvalue weighted by atomic mass is 16.2. The van der Waals surface area contributed by atoms with Crippen LogP contribution in [0, 0.1) is 6.92 Å². The summed E-state index contributed by atoms with van der Waals surface area (Å²) in [7, 11) is 3.79. The molecule has 1 aliphatic rings. The van der Waals surface area contributed by atoms with E-state index in [2.05, 4.69) is 27.4 Å². The number of amides is 1. The molecule has 1 aliphatic heterocycles. The predicted octanol–water partition coefficient (Wildman–Crippen LogP) is 1.97. The molecule has 0 fully saturated rings. The lowest BCUT2D eigenvalue weighted by molar-refractivity contribution is 0.0727. The van der Waals surface area contributed by atoms with Gasteiger partial charge in [0, 0.05) is 44.0 Å². The summed E-state index contributed by atoms with van der Waals surface area (Å²) in [5.41, 5.74) is 5.53. The van der Waals surface area contributed by atoms with Crippen LogP contribution in [0.5, 0.6) is 0 Å². The Morgan fingerprint density at radius 2 is 1.90 bits per heavy atom. The zero-order valence-corrected chi connectivity index (χ0v) is 17.9. The molecule has 0 N–H and O–H groups in total. The van der Waals surface area contributed by atoms with Crippen molar-refractivity contribution in [1.82, 2.24) is 39.2 Å². The van der Waals surface area contributed by atoms with Gasteiger partial charge in [0.2, 0.25) is 0 Å². The Balaban J connectivity index is 1.47. The van der Waals surface area contributed by atoms with Gasteiger partial charge in [-0.1, -0.05) is 30.3 Å². The summed E-state index contributed by atoms with van der Waals surface area (Å²) in [5.74, 6) is 0.651. The maximum absolute atomic E-state index is 13.1. The van der Waals surface area contributed by atoms with Crippen molar-refractivity contribution < 1.29 is 4.79 Å². The number of nitrogens with zero attached hydrogens (tertiary/aromatic N) is 8. The Morgan fingerprint density at radius 1 is 1.10 bits per heavy atom. The zero-order chi connectivity index (χ0) is 21.5. The van der Waals surface area contributed by atoms with Crippen molar-refractivity contribution in [3.8, 4) is 11.5 Å². The van der Waals surface area contributed by atoms with Crippen LogP contribution in [0.4, 0.5) is 0 Å². The molecule has 0 radical (unpaired) electrons. The first-order valence-electron chi connectivity index (χ1n) is 10.3. The molecule has 9 nitrogen and oxygen atoms in total. The van der Waals surface area contributed by atoms with Crippen molar-refractivity contribution in [2.24, 2.45) is 14.1 Å². The van der Waals surface area contributed by atoms with Crippen LogP contribution in [-0.2, 0) is 33.6 Å². The summed E-state index contributed by atoms with van der Waals surface area (Å²) < 4.78 is 5.63. The number of benzene rings is 1. The maximum atomic E-state index is 13.1. The van der Waals surface area contributed by atoms with Gasteiger partial charge in [0.05, 0.1) is 13.1 Å². The molecule has 1 aromatic carbocycles. The largest absolute Gasteiger partial charge is 0.332 e. The van der Waals surface area contributed by atoms with E-state index in [0.717, 1.165) is 34.6 Å². The van der Waals surface area contributed by atoms with Crippen LogP contribution in [-0.4, -0.2) is 51.7 Å². The highest BCUT2D eigenvalue weighted by molar-refractivity contribution is 5.92. The van der Waals surface area contributed by atoms with E-state index in [1.165, 1.54) is 0 Å². The fourth-order valence-corrected chi connectivity index (χ4v) is 4.11. The van der Waals surface area contributed by atoms with Crippen LogP contribution in [0.1, 0.15) is 33.0 Å². The number of fused-ring (bicyclic) bond motifs is 1. The Kier molecular flexibility index (Phi) is 4.65. The molecule has 0 bridgehead atoms. The summed E-state index contributed by atoms with van der Waals surface area (Å²) in [4.78, 5) is 14.9. The molecular weight excluding hydrogens is 392 g/mol. The molecule has 0 aliphatic carbocycles. The summed E-state index contributed by atoms with van der Waals surface area (Å²) in [5, 5.41) is 17.6. The number of carbonyl (C=O) groups is 1. The lowest BCUT2D eigenvalue weighted by Gasteiger charge is -2.27. The van der Waals surface area contributed by atoms with E-state index in [1.54, 1.807) is 11.0 Å². The predicted molar refractivity (Wildman–Crippen MR) is 114 cm³/mol. The molecule has 1 amide bonds. The molecule has 158 valence electrons. The highest BCUT2D eigenvalue weighted by Gasteiger charge is 2.30. The van der Waals surface area contributed by atoms with Crippen molar-refractivity contribution in [3.63, 3.8) is 0 Å². The van der Waals surface area contributed by atoms with Gasteiger partial charge in [0.25, 0.3) is 5.91 Å². The third kappa shape index (κ3) is 3.41. The monoisotopic (exact) mass is 416 g/mol. The molecule has 0 spiro atoms. The quantitative estimate of drug-likeness (QED) is 0.508. The Bertz CT molecular complexity index is 1230. The van der Waals surface area contributed by atoms with Crippen LogP contribution in [0.15, 0.2) is 42.7 Å². The van der Waals surface area contributed by atoms with Gasteiger partial charge in [0.15, 0.2) is 11.5 Å². The Labute approximate surface area is 179 Å². The highest BCUT2D eigenvalue weighted by Crippen LogP contribution is 2.29. The van der Waals surface area contributed by atoms with Gasteiger partial charge >= 0.3 is 0 Å². The second kappa shape index (κ2) is 7.50. The minimum absolute atomic E-state index is 0.0603. The topological polar surface area (TPSA) is 86.7 Å². The molecular formula is C22H24N8O. The standard InChI is InChI=1S/C22H24N8O/c1-15-11-18(25-27(15)2)22(31)29-10-9-19-17(13-29)20(26-28(19)3)21-24-23-14-30(21)12-16-7-5-4-6-8-16/h4-8,11,14H,9-10,12-13H2,1-3H3. The summed E-state index contributed by atoms with van der Waals surface area (Å²) in [6.07, 6.45) is 2.47. The molecule has 4 heterocycles. The van der Waals surface area contributed by atoms with Gasteiger partial charge in [-0.05, 0) is 18.6 Å². The number of aryl methyl sites for hydroxylation is 3. The SMILES string of the molecule is Cc1cc(C(=O)N2CCc3c(c(-c4nncn4Cc4ccccc4)nn3C)C2)nn1C. The third-order valence-electron chi connectivity index (χ3n) is 5.89. The Hall–Kier alpha value is -3.75. The van der Waals surface area contributed by atoms with Crippen LogP contribution in [0.3, 0.4) is 0 Å². The average molecular weight is 416 g/mol. The van der Waals surface area contributed by atoms with Crippen molar-refractivity contribution >= 4 is 5.91 Å². The van der Waals surface area contributed by atoms with Gasteiger partial charge < -0.3 is 9.47 Å². The van der Waals surface area contributed by atoms with E-state index in [-0.39, 0.29) is 5.91 Å². The second-order valence-corrected chi connectivity index (χ2v) is 7.94. The van der Waals surface area contributed by atoms with Crippen molar-refractivity contribution in [2.75, 3.05) is 6.54 Å². The Morgan fingerprint density at radius 3 is 2.65 bits per heavy atom. The summed E-state index contributed by atoms with van der Waals surface area (Å²) in [6.45, 7) is 3.71. The van der Waals surface area contributed by atoms with E-state index in [9.17, 15) is 4.79 Å². The van der Waals surface area contributed by atoms with Crippen molar-refractivity contribution in [2.45, 2.75) is 26.4 Å². The first-order valence-corrected chi connectivity index (χ1v) is 10.3. The minimum atomic E-state index is -0.0603. The summed E-state index contributed by atoms with van der Waals surface area (Å²) >= 11 is 0. The molecule has 0 atom stereocenters. The molecule has 9 heteroatoms. The zero-order valence-electron chi connectivity index (χ0n) is 17.9. The number of hydrogen-bond donors (Lipinski definition) is 0. The average Bonchev–Trinajstić information content (AvgIpc) is 3.46. The van der Waals surface area contributed by atoms with Crippen LogP contribution < -0.4 is 0 Å². The number of rotatable bonds is 4. The fraction of sp³-hybridized carbons (Fsp3) is 0.318. The maximum Gasteiger partial charge on any atom is 0.274 e. The van der Waals surface area contributed by atoms with Gasteiger partial charge in [0.1, 0.15) is 12.0 Å². The lowest BCUT2D eigenvalue weighted by Crippen LogP contribution is -2.36. The molecule has 0 saturated heterocycles. The first-order chi connectivity index (χ1) is 15.0. The molecule has 3 aromatic heterocycles. The normalized spacial score (nSPS) is 13.5. The van der Waals surface area contributed by atoms with E-state index in [1.807, 2.05) is 59.4 Å². The molecule has 0 unspecified atom stereocenters. The fourth-order valence-electron chi connectivity index (χ4n) is 4.11. The van der Waals surface area contributed by atoms with Crippen LogP contribution in [0.2, 0.25) is 0 Å². The van der Waals surface area contributed by atoms with Gasteiger partial charge in [-0.2, -0.15) is 10.2 Å².